The van der Waals surface area contributed by atoms with Crippen LogP contribution in [-0.2, 0) is 0 Å². The normalized spacial score (nSPS) is 10.1. The fraction of sp³-hybridized carbons (Fsp3) is 0.250. The molecule has 0 unspecified atom stereocenters. The maximum Gasteiger partial charge on any atom is 0.278 e. The lowest BCUT2D eigenvalue weighted by molar-refractivity contribution is 0.102. The summed E-state index contributed by atoms with van der Waals surface area (Å²) in [7, 11) is 3.08. The molecule has 1 amide bonds. The van der Waals surface area contributed by atoms with Crippen LogP contribution in [0.3, 0.4) is 0 Å². The van der Waals surface area contributed by atoms with Gasteiger partial charge in [0.05, 0.1) is 25.6 Å². The SMILES string of the molecule is COc1ccc(OC)c(NC(=O)c2n[nH]nc2C)c1. The second-order valence-electron chi connectivity index (χ2n) is 3.78. The van der Waals surface area contributed by atoms with Crippen LogP contribution in [0, 0.1) is 6.92 Å². The van der Waals surface area contributed by atoms with Crippen molar-refractivity contribution in [3.05, 3.63) is 29.6 Å². The van der Waals surface area contributed by atoms with E-state index < -0.39 is 0 Å². The van der Waals surface area contributed by atoms with E-state index in [0.29, 0.717) is 22.9 Å². The van der Waals surface area contributed by atoms with Crippen LogP contribution in [0.25, 0.3) is 0 Å². The average molecular weight is 262 g/mol. The van der Waals surface area contributed by atoms with Gasteiger partial charge in [0.1, 0.15) is 11.5 Å². The van der Waals surface area contributed by atoms with Gasteiger partial charge in [-0.05, 0) is 19.1 Å². The first kappa shape index (κ1) is 12.9. The summed E-state index contributed by atoms with van der Waals surface area (Å²) < 4.78 is 10.3. The number of rotatable bonds is 4. The number of benzene rings is 1. The fourth-order valence-electron chi connectivity index (χ4n) is 1.59. The van der Waals surface area contributed by atoms with Crippen molar-refractivity contribution >= 4 is 11.6 Å². The molecule has 100 valence electrons. The molecule has 7 nitrogen and oxygen atoms in total. The number of nitrogens with one attached hydrogen (secondary N) is 2. The second-order valence-corrected chi connectivity index (χ2v) is 3.78. The van der Waals surface area contributed by atoms with Crippen LogP contribution < -0.4 is 14.8 Å². The zero-order valence-electron chi connectivity index (χ0n) is 10.9. The van der Waals surface area contributed by atoms with Crippen molar-refractivity contribution in [2.75, 3.05) is 19.5 Å². The topological polar surface area (TPSA) is 89.1 Å². The van der Waals surface area contributed by atoms with Crippen molar-refractivity contribution in [1.29, 1.82) is 0 Å². The summed E-state index contributed by atoms with van der Waals surface area (Å²) in [5, 5.41) is 12.7. The minimum absolute atomic E-state index is 0.241. The highest BCUT2D eigenvalue weighted by molar-refractivity contribution is 6.04. The molecule has 0 aliphatic carbocycles. The Hall–Kier alpha value is -2.57. The lowest BCUT2D eigenvalue weighted by atomic mass is 10.2. The van der Waals surface area contributed by atoms with E-state index in [9.17, 15) is 4.79 Å². The third-order valence-electron chi connectivity index (χ3n) is 2.59. The second kappa shape index (κ2) is 5.38. The number of H-pyrrole nitrogens is 1. The lowest BCUT2D eigenvalue weighted by Gasteiger charge is -2.11. The van der Waals surface area contributed by atoms with Crippen molar-refractivity contribution in [2.45, 2.75) is 6.92 Å². The zero-order valence-corrected chi connectivity index (χ0v) is 10.9. The van der Waals surface area contributed by atoms with E-state index in [4.69, 9.17) is 9.47 Å². The standard InChI is InChI=1S/C12H14N4O3/c1-7-11(15-16-14-7)12(17)13-9-6-8(18-2)4-5-10(9)19-3/h4-6H,1-3H3,(H,13,17)(H,14,15,16). The van der Waals surface area contributed by atoms with Crippen LogP contribution in [0.15, 0.2) is 18.2 Å². The van der Waals surface area contributed by atoms with Gasteiger partial charge in [-0.15, -0.1) is 0 Å². The number of anilines is 1. The number of hydrogen-bond donors (Lipinski definition) is 2. The first-order valence-corrected chi connectivity index (χ1v) is 5.56. The van der Waals surface area contributed by atoms with Gasteiger partial charge in [-0.3, -0.25) is 4.79 Å². The van der Waals surface area contributed by atoms with E-state index in [1.165, 1.54) is 7.11 Å². The molecular weight excluding hydrogens is 248 g/mol. The maximum atomic E-state index is 12.0. The molecule has 2 aromatic rings. The number of carbonyl (C=O) groups is 1. The Balaban J connectivity index is 2.27. The summed E-state index contributed by atoms with van der Waals surface area (Å²) in [5.41, 5.74) is 1.28. The van der Waals surface area contributed by atoms with Gasteiger partial charge in [-0.25, -0.2) is 0 Å². The van der Waals surface area contributed by atoms with Gasteiger partial charge < -0.3 is 14.8 Å². The van der Waals surface area contributed by atoms with Gasteiger partial charge in [0.15, 0.2) is 5.69 Å². The highest BCUT2D eigenvalue weighted by Gasteiger charge is 2.15. The number of hydrogen-bond acceptors (Lipinski definition) is 5. The summed E-state index contributed by atoms with van der Waals surface area (Å²) in [5.74, 6) is 0.793. The molecule has 2 N–H and O–H groups in total. The molecule has 1 aromatic carbocycles. The van der Waals surface area contributed by atoms with Crippen LogP contribution in [0.4, 0.5) is 5.69 Å². The molecule has 1 aromatic heterocycles. The Bertz CT molecular complexity index is 594. The minimum atomic E-state index is -0.363. The van der Waals surface area contributed by atoms with E-state index in [1.54, 1.807) is 32.2 Å². The highest BCUT2D eigenvalue weighted by atomic mass is 16.5. The Kier molecular flexibility index (Phi) is 3.65. The number of nitrogens with zero attached hydrogens (tertiary/aromatic N) is 2. The molecule has 1 heterocycles. The van der Waals surface area contributed by atoms with Crippen LogP contribution in [0.1, 0.15) is 16.2 Å². The van der Waals surface area contributed by atoms with Gasteiger partial charge in [-0.1, -0.05) is 0 Å². The molecule has 19 heavy (non-hydrogen) atoms. The van der Waals surface area contributed by atoms with Crippen molar-refractivity contribution in [3.63, 3.8) is 0 Å². The van der Waals surface area contributed by atoms with E-state index >= 15 is 0 Å². The van der Waals surface area contributed by atoms with Crippen LogP contribution in [0.2, 0.25) is 0 Å². The van der Waals surface area contributed by atoms with Gasteiger partial charge in [0, 0.05) is 6.07 Å². The number of aromatic amines is 1. The average Bonchev–Trinajstić information content (AvgIpc) is 2.85. The molecule has 2 rings (SSSR count). The quantitative estimate of drug-likeness (QED) is 0.869. The lowest BCUT2D eigenvalue weighted by Crippen LogP contribution is -2.14. The molecule has 0 aliphatic heterocycles. The molecule has 0 fully saturated rings. The van der Waals surface area contributed by atoms with Crippen LogP contribution >= 0.6 is 0 Å². The molecule has 0 bridgehead atoms. The third-order valence-corrected chi connectivity index (χ3v) is 2.59. The van der Waals surface area contributed by atoms with Crippen molar-refractivity contribution in [1.82, 2.24) is 15.4 Å². The van der Waals surface area contributed by atoms with Crippen molar-refractivity contribution in [3.8, 4) is 11.5 Å². The molecule has 0 atom stereocenters. The smallest absolute Gasteiger partial charge is 0.278 e. The van der Waals surface area contributed by atoms with E-state index in [1.807, 2.05) is 0 Å². The zero-order chi connectivity index (χ0) is 13.8. The summed E-state index contributed by atoms with van der Waals surface area (Å²) in [6.07, 6.45) is 0. The summed E-state index contributed by atoms with van der Waals surface area (Å²) in [6.45, 7) is 1.70. The molecule has 0 saturated heterocycles. The highest BCUT2D eigenvalue weighted by Crippen LogP contribution is 2.29. The van der Waals surface area contributed by atoms with Gasteiger partial charge in [-0.2, -0.15) is 15.4 Å². The molecule has 0 radical (unpaired) electrons. The molecular formula is C12H14N4O3. The predicted octanol–water partition coefficient (Wildman–Crippen LogP) is 1.38. The van der Waals surface area contributed by atoms with E-state index in [0.717, 1.165) is 0 Å². The van der Waals surface area contributed by atoms with Crippen LogP contribution in [0.5, 0.6) is 11.5 Å². The molecule has 7 heteroatoms. The van der Waals surface area contributed by atoms with Gasteiger partial charge in [0.2, 0.25) is 0 Å². The first-order chi connectivity index (χ1) is 9.15. The van der Waals surface area contributed by atoms with E-state index in [2.05, 4.69) is 20.7 Å². The Morgan fingerprint density at radius 1 is 1.26 bits per heavy atom. The minimum Gasteiger partial charge on any atom is -0.497 e. The Morgan fingerprint density at radius 3 is 2.63 bits per heavy atom. The number of methoxy groups -OCH3 is 2. The summed E-state index contributed by atoms with van der Waals surface area (Å²) >= 11 is 0. The molecule has 0 spiro atoms. The van der Waals surface area contributed by atoms with Crippen molar-refractivity contribution in [2.24, 2.45) is 0 Å². The number of carbonyl (C=O) groups excluding carboxylic acids is 1. The van der Waals surface area contributed by atoms with Crippen LogP contribution in [-0.4, -0.2) is 35.5 Å². The monoisotopic (exact) mass is 262 g/mol. The fourth-order valence-corrected chi connectivity index (χ4v) is 1.59. The number of amides is 1. The largest absolute Gasteiger partial charge is 0.497 e. The summed E-state index contributed by atoms with van der Waals surface area (Å²) in [4.78, 5) is 12.0. The number of aryl methyl sites for hydroxylation is 1. The molecule has 0 aliphatic rings. The Morgan fingerprint density at radius 2 is 2.05 bits per heavy atom. The molecule has 0 saturated carbocycles. The number of aromatic nitrogens is 3. The third kappa shape index (κ3) is 2.65. The Labute approximate surface area is 109 Å². The van der Waals surface area contributed by atoms with Gasteiger partial charge >= 0.3 is 0 Å². The predicted molar refractivity (Wildman–Crippen MR) is 68.6 cm³/mol. The van der Waals surface area contributed by atoms with Crippen molar-refractivity contribution < 1.29 is 14.3 Å². The summed E-state index contributed by atoms with van der Waals surface area (Å²) in [6, 6.07) is 5.13. The number of ether oxygens (including phenoxy) is 2. The first-order valence-electron chi connectivity index (χ1n) is 5.56. The maximum absolute atomic E-state index is 12.0. The van der Waals surface area contributed by atoms with E-state index in [-0.39, 0.29) is 11.6 Å². The van der Waals surface area contributed by atoms with Gasteiger partial charge in [0.25, 0.3) is 5.91 Å².